The van der Waals surface area contributed by atoms with E-state index in [4.69, 9.17) is 28.3 Å². The molecule has 0 heterocycles. The van der Waals surface area contributed by atoms with Crippen molar-refractivity contribution in [1.29, 1.82) is 0 Å². The summed E-state index contributed by atoms with van der Waals surface area (Å²) in [5.74, 6) is -0.883. The Morgan fingerprint density at radius 3 is 2.59 bits per heavy atom. The molecule has 0 radical (unpaired) electrons. The molecule has 0 fully saturated rings. The second-order valence-electron chi connectivity index (χ2n) is 6.59. The normalized spacial score (nSPS) is 13.2. The van der Waals surface area contributed by atoms with E-state index in [0.717, 1.165) is 16.8 Å². The van der Waals surface area contributed by atoms with Crippen LogP contribution >= 0.6 is 23.2 Å². The van der Waals surface area contributed by atoms with E-state index in [1.807, 2.05) is 32.0 Å². The van der Waals surface area contributed by atoms with Crippen LogP contribution in [0.2, 0.25) is 10.0 Å². The molecule has 0 aliphatic rings. The van der Waals surface area contributed by atoms with Gasteiger partial charge in [-0.2, -0.15) is 0 Å². The Hall–Kier alpha value is -1.79. The van der Waals surface area contributed by atoms with Crippen LogP contribution in [-0.4, -0.2) is 35.3 Å². The second kappa shape index (κ2) is 9.95. The molecule has 0 aliphatic carbocycles. The van der Waals surface area contributed by atoms with Crippen molar-refractivity contribution in [2.24, 2.45) is 0 Å². The maximum absolute atomic E-state index is 10.9. The summed E-state index contributed by atoms with van der Waals surface area (Å²) in [4.78, 5) is 10.9. The first-order chi connectivity index (χ1) is 12.8. The molecular formula is C20H24Cl2N2O3. The van der Waals surface area contributed by atoms with Crippen molar-refractivity contribution in [1.82, 2.24) is 5.32 Å². The lowest BCUT2D eigenvalue weighted by Crippen LogP contribution is -2.35. The maximum atomic E-state index is 10.9. The Labute approximate surface area is 169 Å². The summed E-state index contributed by atoms with van der Waals surface area (Å²) in [6.07, 6.45) is -0.696. The molecule has 2 atom stereocenters. The van der Waals surface area contributed by atoms with Gasteiger partial charge in [-0.1, -0.05) is 35.3 Å². The zero-order valence-corrected chi connectivity index (χ0v) is 16.8. The molecule has 0 amide bonds. The van der Waals surface area contributed by atoms with Crippen molar-refractivity contribution in [3.05, 3.63) is 63.1 Å². The molecule has 7 heteroatoms. The van der Waals surface area contributed by atoms with E-state index in [2.05, 4.69) is 10.6 Å². The van der Waals surface area contributed by atoms with Crippen molar-refractivity contribution in [2.45, 2.75) is 32.4 Å². The average molecular weight is 411 g/mol. The number of anilines is 1. The van der Waals surface area contributed by atoms with Gasteiger partial charge in [0.05, 0.1) is 23.2 Å². The van der Waals surface area contributed by atoms with Crippen molar-refractivity contribution >= 4 is 34.9 Å². The molecule has 0 saturated carbocycles. The first kappa shape index (κ1) is 21.5. The highest BCUT2D eigenvalue weighted by Crippen LogP contribution is 2.26. The number of carbonyl (C=O) groups is 1. The highest BCUT2D eigenvalue weighted by molar-refractivity contribution is 6.33. The van der Waals surface area contributed by atoms with Crippen LogP contribution in [0.25, 0.3) is 0 Å². The molecule has 27 heavy (non-hydrogen) atoms. The lowest BCUT2D eigenvalue weighted by molar-refractivity contribution is -0.136. The van der Waals surface area contributed by atoms with Crippen LogP contribution in [0.5, 0.6) is 0 Å². The Bertz CT molecular complexity index is 799. The van der Waals surface area contributed by atoms with E-state index < -0.39 is 12.1 Å². The Morgan fingerprint density at radius 2 is 1.93 bits per heavy atom. The Kier molecular flexibility index (Phi) is 7.92. The van der Waals surface area contributed by atoms with Crippen molar-refractivity contribution in [3.8, 4) is 0 Å². The predicted molar refractivity (Wildman–Crippen MR) is 110 cm³/mol. The molecule has 146 valence electrons. The van der Waals surface area contributed by atoms with Crippen LogP contribution in [0.3, 0.4) is 0 Å². The van der Waals surface area contributed by atoms with Gasteiger partial charge in [-0.3, -0.25) is 4.79 Å². The zero-order valence-electron chi connectivity index (χ0n) is 15.3. The smallest absolute Gasteiger partial charge is 0.307 e. The van der Waals surface area contributed by atoms with Gasteiger partial charge in [0.25, 0.3) is 0 Å². The number of nitrogens with one attached hydrogen (secondary N) is 2. The van der Waals surface area contributed by atoms with Crippen LogP contribution in [0, 0.1) is 6.92 Å². The van der Waals surface area contributed by atoms with Gasteiger partial charge in [0.15, 0.2) is 0 Å². The van der Waals surface area contributed by atoms with Crippen LogP contribution < -0.4 is 10.6 Å². The summed E-state index contributed by atoms with van der Waals surface area (Å²) in [7, 11) is 0. The van der Waals surface area contributed by atoms with Crippen LogP contribution in [0.1, 0.15) is 29.7 Å². The van der Waals surface area contributed by atoms with Gasteiger partial charge in [0.1, 0.15) is 0 Å². The minimum atomic E-state index is -0.883. The topological polar surface area (TPSA) is 81.6 Å². The van der Waals surface area contributed by atoms with Crippen LogP contribution in [0.15, 0.2) is 36.4 Å². The average Bonchev–Trinajstić information content (AvgIpc) is 2.60. The van der Waals surface area contributed by atoms with Crippen LogP contribution in [-0.2, 0) is 11.2 Å². The molecular weight excluding hydrogens is 387 g/mol. The maximum Gasteiger partial charge on any atom is 0.307 e. The van der Waals surface area contributed by atoms with Gasteiger partial charge in [-0.25, -0.2) is 0 Å². The molecule has 0 aromatic heterocycles. The fraction of sp³-hybridized carbons (Fsp3) is 0.350. The van der Waals surface area contributed by atoms with Crippen molar-refractivity contribution in [2.75, 3.05) is 18.4 Å². The highest BCUT2D eigenvalue weighted by Gasteiger charge is 2.12. The summed E-state index contributed by atoms with van der Waals surface area (Å²) >= 11 is 12.2. The number of hydrogen-bond donors (Lipinski definition) is 4. The number of halogens is 2. The molecule has 0 spiro atoms. The zero-order chi connectivity index (χ0) is 20.0. The molecule has 0 aliphatic heterocycles. The summed E-state index contributed by atoms with van der Waals surface area (Å²) in [5.41, 5.74) is 3.10. The number of carboxylic acids is 1. The summed E-state index contributed by atoms with van der Waals surface area (Å²) < 4.78 is 0. The number of aliphatic hydroxyl groups is 1. The minimum absolute atomic E-state index is 0.0504. The third-order valence-corrected chi connectivity index (χ3v) is 4.81. The lowest BCUT2D eigenvalue weighted by Gasteiger charge is -2.19. The van der Waals surface area contributed by atoms with Crippen LogP contribution in [0.4, 0.5) is 5.69 Å². The van der Waals surface area contributed by atoms with E-state index in [0.29, 0.717) is 28.7 Å². The van der Waals surface area contributed by atoms with Gasteiger partial charge in [0.2, 0.25) is 0 Å². The second-order valence-corrected chi connectivity index (χ2v) is 7.43. The number of aliphatic hydroxyl groups excluding tert-OH is 1. The molecule has 5 nitrogen and oxygen atoms in total. The Morgan fingerprint density at radius 1 is 1.19 bits per heavy atom. The summed E-state index contributed by atoms with van der Waals surface area (Å²) in [6, 6.07) is 10.8. The summed E-state index contributed by atoms with van der Waals surface area (Å²) in [5, 5.41) is 26.8. The number of carboxylic acid groups (broad SMARTS) is 1. The number of rotatable bonds is 9. The number of benzene rings is 2. The van der Waals surface area contributed by atoms with E-state index >= 15 is 0 Å². The number of aliphatic carboxylic acids is 1. The number of aryl methyl sites for hydroxylation is 1. The van der Waals surface area contributed by atoms with Gasteiger partial charge in [-0.15, -0.1) is 0 Å². The minimum Gasteiger partial charge on any atom is -0.481 e. The number of hydrogen-bond acceptors (Lipinski definition) is 4. The van der Waals surface area contributed by atoms with E-state index in [1.165, 1.54) is 0 Å². The van der Waals surface area contributed by atoms with E-state index in [9.17, 15) is 9.90 Å². The van der Waals surface area contributed by atoms with Gasteiger partial charge >= 0.3 is 5.97 Å². The molecule has 2 aromatic rings. The fourth-order valence-electron chi connectivity index (χ4n) is 2.69. The SMILES string of the molecule is Cc1cc(NC[C@@H](C)NC[C@H](O)c2cccc(Cl)c2)c(Cl)cc1CC(=O)O. The fourth-order valence-corrected chi connectivity index (χ4v) is 3.14. The molecule has 2 aromatic carbocycles. The Balaban J connectivity index is 1.87. The van der Waals surface area contributed by atoms with Gasteiger partial charge < -0.3 is 20.8 Å². The van der Waals surface area contributed by atoms with E-state index in [1.54, 1.807) is 18.2 Å². The van der Waals surface area contributed by atoms with Crippen molar-refractivity contribution < 1.29 is 15.0 Å². The first-order valence-electron chi connectivity index (χ1n) is 8.68. The molecule has 0 saturated heterocycles. The highest BCUT2D eigenvalue weighted by atomic mass is 35.5. The lowest BCUT2D eigenvalue weighted by atomic mass is 10.0. The van der Waals surface area contributed by atoms with E-state index in [-0.39, 0.29) is 12.5 Å². The quantitative estimate of drug-likeness (QED) is 0.501. The monoisotopic (exact) mass is 410 g/mol. The third kappa shape index (κ3) is 6.70. The summed E-state index contributed by atoms with van der Waals surface area (Å²) in [6.45, 7) is 4.85. The molecule has 0 bridgehead atoms. The predicted octanol–water partition coefficient (Wildman–Crippen LogP) is 4.05. The standard InChI is InChI=1S/C20H24Cl2N2O3/c1-12-6-18(17(22)8-15(12)9-20(26)27)24-10-13(2)23-11-19(25)14-4-3-5-16(21)7-14/h3-8,13,19,23-25H,9-11H2,1-2H3,(H,26,27)/t13-,19+/m1/s1. The van der Waals surface area contributed by atoms with Gasteiger partial charge in [-0.05, 0) is 54.8 Å². The molecule has 2 rings (SSSR count). The largest absolute Gasteiger partial charge is 0.481 e. The first-order valence-corrected chi connectivity index (χ1v) is 9.43. The third-order valence-electron chi connectivity index (χ3n) is 4.26. The van der Waals surface area contributed by atoms with Crippen molar-refractivity contribution in [3.63, 3.8) is 0 Å². The molecule has 4 N–H and O–H groups in total. The molecule has 0 unspecified atom stereocenters. The van der Waals surface area contributed by atoms with Gasteiger partial charge in [0, 0.05) is 24.2 Å².